The highest BCUT2D eigenvalue weighted by molar-refractivity contribution is 7.09. The minimum atomic E-state index is -0.593. The molecule has 2 heterocycles. The van der Waals surface area contributed by atoms with E-state index in [-0.39, 0.29) is 29.8 Å². The van der Waals surface area contributed by atoms with Crippen LogP contribution in [0.25, 0.3) is 0 Å². The molecule has 0 saturated carbocycles. The van der Waals surface area contributed by atoms with Crippen LogP contribution in [0.1, 0.15) is 70.1 Å². The molecule has 1 fully saturated rings. The Kier molecular flexibility index (Phi) is 7.77. The fourth-order valence-corrected chi connectivity index (χ4v) is 6.14. The van der Waals surface area contributed by atoms with Crippen molar-refractivity contribution in [2.75, 3.05) is 13.1 Å². The normalized spacial score (nSPS) is 25.2. The van der Waals surface area contributed by atoms with Crippen molar-refractivity contribution in [2.45, 2.75) is 71.5 Å². The van der Waals surface area contributed by atoms with E-state index in [1.54, 1.807) is 11.3 Å². The Balaban J connectivity index is 1.52. The molecule has 2 aliphatic carbocycles. The second kappa shape index (κ2) is 10.6. The van der Waals surface area contributed by atoms with Crippen LogP contribution >= 0.6 is 11.3 Å². The minimum absolute atomic E-state index is 0.0167. The molecule has 3 aliphatic rings. The van der Waals surface area contributed by atoms with E-state index in [0.717, 1.165) is 23.5 Å². The summed E-state index contributed by atoms with van der Waals surface area (Å²) in [5.41, 5.74) is 1.97. The lowest BCUT2D eigenvalue weighted by atomic mass is 9.78. The van der Waals surface area contributed by atoms with Crippen LogP contribution in [0.2, 0.25) is 0 Å². The number of carbonyl (C=O) groups excluding carboxylic acids is 2. The van der Waals surface area contributed by atoms with Gasteiger partial charge in [0.25, 0.3) is 0 Å². The molecule has 1 aliphatic heterocycles. The van der Waals surface area contributed by atoms with Gasteiger partial charge >= 0.3 is 0 Å². The zero-order valence-electron chi connectivity index (χ0n) is 21.5. The molecule has 188 valence electrons. The number of carbonyl (C=O) groups is 2. The third-order valence-electron chi connectivity index (χ3n) is 7.10. The second-order valence-corrected chi connectivity index (χ2v) is 11.6. The van der Waals surface area contributed by atoms with Crippen molar-refractivity contribution in [1.29, 1.82) is 0 Å². The van der Waals surface area contributed by atoms with E-state index < -0.39 is 11.5 Å². The first-order valence-corrected chi connectivity index (χ1v) is 13.6. The first kappa shape index (κ1) is 25.6. The van der Waals surface area contributed by atoms with Gasteiger partial charge in [-0.25, -0.2) is 4.98 Å². The number of amides is 2. The zero-order chi connectivity index (χ0) is 25.2. The summed E-state index contributed by atoms with van der Waals surface area (Å²) in [6.45, 7) is 11.2. The van der Waals surface area contributed by atoms with Gasteiger partial charge in [0.2, 0.25) is 11.8 Å². The van der Waals surface area contributed by atoms with E-state index in [0.29, 0.717) is 19.0 Å². The Labute approximate surface area is 213 Å². The third kappa shape index (κ3) is 5.51. The monoisotopic (exact) mass is 494 g/mol. The van der Waals surface area contributed by atoms with Gasteiger partial charge in [-0.3, -0.25) is 9.59 Å². The van der Waals surface area contributed by atoms with Crippen LogP contribution in [0.4, 0.5) is 0 Å². The van der Waals surface area contributed by atoms with Gasteiger partial charge < -0.3 is 15.5 Å². The van der Waals surface area contributed by atoms with E-state index in [4.69, 9.17) is 4.98 Å². The average Bonchev–Trinajstić information content (AvgIpc) is 3.50. The van der Waals surface area contributed by atoms with Gasteiger partial charge in [-0.05, 0) is 37.3 Å². The van der Waals surface area contributed by atoms with Crippen molar-refractivity contribution in [1.82, 2.24) is 20.5 Å². The van der Waals surface area contributed by atoms with Gasteiger partial charge in [0.05, 0.1) is 17.8 Å². The number of aromatic nitrogens is 1. The molecule has 0 aromatic carbocycles. The molecule has 4 unspecified atom stereocenters. The summed E-state index contributed by atoms with van der Waals surface area (Å²) >= 11 is 1.65. The fraction of sp³-hybridized carbons (Fsp3) is 0.536. The van der Waals surface area contributed by atoms with Crippen molar-refractivity contribution in [3.63, 3.8) is 0 Å². The molecule has 1 saturated heterocycles. The molecule has 1 aromatic heterocycles. The number of nitrogens with zero attached hydrogens (tertiary/aromatic N) is 2. The SMILES string of the molecule is CCN[C@@H](C)C(=O)NC(C(=O)N1CCCC1c1nc(C2C=CC=C3C=CC=CC32)cs1)C(C)(C)C. The topological polar surface area (TPSA) is 74.3 Å². The lowest BCUT2D eigenvalue weighted by Gasteiger charge is -2.36. The molecule has 0 spiro atoms. The highest BCUT2D eigenvalue weighted by Crippen LogP contribution is 2.41. The predicted molar refractivity (Wildman–Crippen MR) is 142 cm³/mol. The molecule has 1 aromatic rings. The maximum absolute atomic E-state index is 13.8. The Bertz CT molecular complexity index is 1060. The van der Waals surface area contributed by atoms with Crippen molar-refractivity contribution < 1.29 is 9.59 Å². The molecule has 2 amide bonds. The summed E-state index contributed by atoms with van der Waals surface area (Å²) in [6, 6.07) is -0.984. The predicted octanol–water partition coefficient (Wildman–Crippen LogP) is 4.66. The maximum atomic E-state index is 13.8. The molecule has 6 nitrogen and oxygen atoms in total. The van der Waals surface area contributed by atoms with Gasteiger partial charge in [-0.15, -0.1) is 11.3 Å². The molecular weight excluding hydrogens is 456 g/mol. The van der Waals surface area contributed by atoms with E-state index in [1.807, 2.05) is 39.5 Å². The molecule has 7 heteroatoms. The van der Waals surface area contributed by atoms with Gasteiger partial charge in [0.15, 0.2) is 0 Å². The van der Waals surface area contributed by atoms with Crippen molar-refractivity contribution in [2.24, 2.45) is 11.3 Å². The van der Waals surface area contributed by atoms with E-state index in [2.05, 4.69) is 58.5 Å². The van der Waals surface area contributed by atoms with Gasteiger partial charge in [-0.1, -0.05) is 70.2 Å². The molecule has 0 radical (unpaired) electrons. The molecule has 35 heavy (non-hydrogen) atoms. The average molecular weight is 495 g/mol. The summed E-state index contributed by atoms with van der Waals surface area (Å²) in [4.78, 5) is 33.6. The summed E-state index contributed by atoms with van der Waals surface area (Å²) in [5, 5.41) is 9.32. The van der Waals surface area contributed by atoms with Crippen LogP contribution in [-0.4, -0.2) is 46.9 Å². The number of allylic oxidation sites excluding steroid dienone is 8. The number of rotatable bonds is 7. The molecule has 4 rings (SSSR count). The summed E-state index contributed by atoms with van der Waals surface area (Å²) in [5.74, 6) is 0.355. The van der Waals surface area contributed by atoms with E-state index in [9.17, 15) is 9.59 Å². The highest BCUT2D eigenvalue weighted by atomic mass is 32.1. The fourth-order valence-electron chi connectivity index (χ4n) is 5.13. The van der Waals surface area contributed by atoms with Gasteiger partial charge in [0.1, 0.15) is 11.0 Å². The first-order valence-electron chi connectivity index (χ1n) is 12.7. The molecule has 5 atom stereocenters. The van der Waals surface area contributed by atoms with Gasteiger partial charge in [-0.2, -0.15) is 0 Å². The van der Waals surface area contributed by atoms with Crippen molar-refractivity contribution in [3.05, 3.63) is 64.2 Å². The largest absolute Gasteiger partial charge is 0.342 e. The Morgan fingerprint density at radius 3 is 2.71 bits per heavy atom. The van der Waals surface area contributed by atoms with Gasteiger partial charge in [0, 0.05) is 23.8 Å². The number of nitrogens with one attached hydrogen (secondary N) is 2. The maximum Gasteiger partial charge on any atom is 0.246 e. The van der Waals surface area contributed by atoms with Crippen LogP contribution in [0.3, 0.4) is 0 Å². The number of thiazole rings is 1. The number of hydrogen-bond acceptors (Lipinski definition) is 5. The second-order valence-electron chi connectivity index (χ2n) is 10.7. The first-order chi connectivity index (χ1) is 16.7. The number of fused-ring (bicyclic) bond motifs is 1. The van der Waals surface area contributed by atoms with Crippen molar-refractivity contribution in [3.8, 4) is 0 Å². The Morgan fingerprint density at radius 2 is 1.97 bits per heavy atom. The van der Waals surface area contributed by atoms with E-state index in [1.165, 1.54) is 5.57 Å². The summed E-state index contributed by atoms with van der Waals surface area (Å²) in [6.07, 6.45) is 17.0. The van der Waals surface area contributed by atoms with Crippen LogP contribution in [0.15, 0.2) is 53.5 Å². The number of hydrogen-bond donors (Lipinski definition) is 2. The van der Waals surface area contributed by atoms with Crippen LogP contribution < -0.4 is 10.6 Å². The van der Waals surface area contributed by atoms with Crippen LogP contribution in [0, 0.1) is 11.3 Å². The Hall–Kier alpha value is -2.51. The van der Waals surface area contributed by atoms with Crippen LogP contribution in [0.5, 0.6) is 0 Å². The summed E-state index contributed by atoms with van der Waals surface area (Å²) in [7, 11) is 0. The van der Waals surface area contributed by atoms with Crippen LogP contribution in [-0.2, 0) is 9.59 Å². The highest BCUT2D eigenvalue weighted by Gasteiger charge is 2.41. The minimum Gasteiger partial charge on any atom is -0.342 e. The number of likely N-dealkylation sites (tertiary alicyclic amines) is 1. The summed E-state index contributed by atoms with van der Waals surface area (Å²) < 4.78 is 0. The lowest BCUT2D eigenvalue weighted by Crippen LogP contribution is -2.57. The zero-order valence-corrected chi connectivity index (χ0v) is 22.3. The molecule has 0 bridgehead atoms. The number of likely N-dealkylation sites (N-methyl/N-ethyl adjacent to an activating group) is 1. The van der Waals surface area contributed by atoms with E-state index >= 15 is 0 Å². The Morgan fingerprint density at radius 1 is 1.20 bits per heavy atom. The quantitative estimate of drug-likeness (QED) is 0.578. The lowest BCUT2D eigenvalue weighted by molar-refractivity contribution is -0.140. The third-order valence-corrected chi connectivity index (χ3v) is 8.07. The molecular formula is C28H38N4O2S. The standard InChI is InChI=1S/C28H38N4O2S/c1-6-29-18(2)25(33)31-24(28(3,4)5)27(34)32-16-10-15-23(32)26-30-22(17-35-26)21-14-9-12-19-11-7-8-13-20(19)21/h7-9,11-14,17-18,20-21,23-24,29H,6,10,15-16H2,1-5H3,(H,31,33)/t18-,20?,21?,23?,24?/m0/s1. The smallest absolute Gasteiger partial charge is 0.246 e. The molecule has 2 N–H and O–H groups in total. The van der Waals surface area contributed by atoms with Crippen molar-refractivity contribution >= 4 is 23.2 Å².